The van der Waals surface area contributed by atoms with Crippen LogP contribution in [0.1, 0.15) is 11.5 Å². The Bertz CT molecular complexity index is 1450. The van der Waals surface area contributed by atoms with Crippen LogP contribution in [0, 0.1) is 6.92 Å². The van der Waals surface area contributed by atoms with Crippen molar-refractivity contribution in [1.82, 2.24) is 10.1 Å². The number of rotatable bonds is 7. The van der Waals surface area contributed by atoms with E-state index in [1.807, 2.05) is 31.2 Å². The zero-order chi connectivity index (χ0) is 24.4. The first-order valence-corrected chi connectivity index (χ1v) is 12.3. The third-order valence-electron chi connectivity index (χ3n) is 5.52. The van der Waals surface area contributed by atoms with Gasteiger partial charge in [-0.3, -0.25) is 4.31 Å². The molecule has 1 aromatic heterocycles. The first kappa shape index (κ1) is 22.7. The lowest BCUT2D eigenvalue weighted by atomic mass is 10.2. The molecule has 0 radical (unpaired) electrons. The van der Waals surface area contributed by atoms with E-state index in [0.29, 0.717) is 47.5 Å². The molecule has 0 N–H and O–H groups in total. The van der Waals surface area contributed by atoms with Crippen LogP contribution in [-0.4, -0.2) is 38.9 Å². The molecule has 1 aliphatic heterocycles. The van der Waals surface area contributed by atoms with Crippen LogP contribution in [0.25, 0.3) is 11.4 Å². The van der Waals surface area contributed by atoms with Crippen LogP contribution in [-0.2, 0) is 16.6 Å². The normalized spacial score (nSPS) is 12.9. The number of aromatic nitrogens is 2. The summed E-state index contributed by atoms with van der Waals surface area (Å²) in [5.74, 6) is 1.91. The van der Waals surface area contributed by atoms with Gasteiger partial charge in [0.1, 0.15) is 25.5 Å². The Labute approximate surface area is 202 Å². The molecule has 3 aromatic carbocycles. The Kier molecular flexibility index (Phi) is 6.04. The van der Waals surface area contributed by atoms with Crippen molar-refractivity contribution in [2.75, 3.05) is 24.6 Å². The summed E-state index contributed by atoms with van der Waals surface area (Å²) in [4.78, 5) is 4.50. The Morgan fingerprint density at radius 1 is 0.971 bits per heavy atom. The number of benzene rings is 3. The van der Waals surface area contributed by atoms with E-state index in [4.69, 9.17) is 18.7 Å². The number of aryl methyl sites for hydroxylation is 1. The number of ether oxygens (including phenoxy) is 3. The topological polar surface area (TPSA) is 104 Å². The minimum atomic E-state index is -4.02. The number of methoxy groups -OCH3 is 1. The largest absolute Gasteiger partial charge is 0.496 e. The van der Waals surface area contributed by atoms with Crippen LogP contribution in [0.3, 0.4) is 0 Å². The summed E-state index contributed by atoms with van der Waals surface area (Å²) in [7, 11) is -2.47. The molecule has 10 heteroatoms. The molecule has 0 saturated heterocycles. The molecule has 0 fully saturated rings. The van der Waals surface area contributed by atoms with Gasteiger partial charge in [0, 0.05) is 6.07 Å². The van der Waals surface area contributed by atoms with Crippen molar-refractivity contribution in [1.29, 1.82) is 0 Å². The molecule has 5 rings (SSSR count). The molecule has 35 heavy (non-hydrogen) atoms. The molecule has 180 valence electrons. The van der Waals surface area contributed by atoms with E-state index in [2.05, 4.69) is 10.1 Å². The van der Waals surface area contributed by atoms with E-state index >= 15 is 0 Å². The highest BCUT2D eigenvalue weighted by molar-refractivity contribution is 7.92. The molecule has 0 unspecified atom stereocenters. The minimum absolute atomic E-state index is 0.0618. The summed E-state index contributed by atoms with van der Waals surface area (Å²) < 4.78 is 50.8. The van der Waals surface area contributed by atoms with Gasteiger partial charge in [-0.05, 0) is 43.3 Å². The predicted octanol–water partition coefficient (Wildman–Crippen LogP) is 4.22. The summed E-state index contributed by atoms with van der Waals surface area (Å²) >= 11 is 0. The minimum Gasteiger partial charge on any atom is -0.496 e. The van der Waals surface area contributed by atoms with Gasteiger partial charge >= 0.3 is 0 Å². The van der Waals surface area contributed by atoms with Gasteiger partial charge in [0.25, 0.3) is 10.0 Å². The fourth-order valence-electron chi connectivity index (χ4n) is 3.72. The van der Waals surface area contributed by atoms with E-state index in [-0.39, 0.29) is 17.3 Å². The number of hydrogen-bond acceptors (Lipinski definition) is 8. The van der Waals surface area contributed by atoms with Crippen LogP contribution in [0.15, 0.2) is 76.1 Å². The van der Waals surface area contributed by atoms with Gasteiger partial charge in [0.2, 0.25) is 11.7 Å². The second-order valence-corrected chi connectivity index (χ2v) is 9.73. The Hall–Kier alpha value is -4.05. The number of nitrogens with zero attached hydrogens (tertiary/aromatic N) is 3. The van der Waals surface area contributed by atoms with E-state index in [1.54, 1.807) is 37.4 Å². The standard InChI is InChI=1S/C25H23N3O6S/c1-17-7-9-18(10-8-17)28(35(29,30)19-11-12-22-23(15-19)33-14-13-32-22)16-24-26-25(27-34-24)20-5-3-4-6-21(20)31-2/h3-12,15H,13-14,16H2,1-2H3. The van der Waals surface area contributed by atoms with Crippen molar-refractivity contribution in [3.8, 4) is 28.6 Å². The molecule has 0 saturated carbocycles. The molecule has 4 aromatic rings. The van der Waals surface area contributed by atoms with E-state index in [1.165, 1.54) is 16.4 Å². The summed E-state index contributed by atoms with van der Waals surface area (Å²) in [5.41, 5.74) is 2.10. The molecule has 0 aliphatic carbocycles. The zero-order valence-corrected chi connectivity index (χ0v) is 20.0. The molecular formula is C25H23N3O6S. The summed E-state index contributed by atoms with van der Waals surface area (Å²) in [6.45, 7) is 2.54. The van der Waals surface area contributed by atoms with Crippen LogP contribution in [0.2, 0.25) is 0 Å². The molecule has 2 heterocycles. The molecule has 1 aliphatic rings. The van der Waals surface area contributed by atoms with Gasteiger partial charge in [-0.2, -0.15) is 4.98 Å². The monoisotopic (exact) mass is 493 g/mol. The zero-order valence-electron chi connectivity index (χ0n) is 19.2. The van der Waals surface area contributed by atoms with Crippen LogP contribution in [0.4, 0.5) is 5.69 Å². The highest BCUT2D eigenvalue weighted by Crippen LogP contribution is 2.35. The van der Waals surface area contributed by atoms with Gasteiger partial charge in [-0.25, -0.2) is 8.42 Å². The molecule has 0 spiro atoms. The summed E-state index contributed by atoms with van der Waals surface area (Å²) in [5, 5.41) is 4.04. The van der Waals surface area contributed by atoms with Crippen LogP contribution < -0.4 is 18.5 Å². The van der Waals surface area contributed by atoms with Gasteiger partial charge in [0.15, 0.2) is 11.5 Å². The van der Waals surface area contributed by atoms with Gasteiger partial charge in [0.05, 0.1) is 23.3 Å². The first-order valence-electron chi connectivity index (χ1n) is 10.9. The first-order chi connectivity index (χ1) is 17.0. The fourth-order valence-corrected chi connectivity index (χ4v) is 5.15. The van der Waals surface area contributed by atoms with Crippen molar-refractivity contribution in [2.45, 2.75) is 18.4 Å². The maximum atomic E-state index is 13.8. The lowest BCUT2D eigenvalue weighted by molar-refractivity contribution is 0.171. The number of fused-ring (bicyclic) bond motifs is 1. The van der Waals surface area contributed by atoms with Crippen molar-refractivity contribution < 1.29 is 27.2 Å². The van der Waals surface area contributed by atoms with Gasteiger partial charge < -0.3 is 18.7 Å². The van der Waals surface area contributed by atoms with Crippen molar-refractivity contribution >= 4 is 15.7 Å². The number of hydrogen-bond donors (Lipinski definition) is 0. The number of para-hydroxylation sites is 1. The molecule has 9 nitrogen and oxygen atoms in total. The molecule has 0 amide bonds. The molecule has 0 bridgehead atoms. The quantitative estimate of drug-likeness (QED) is 0.377. The smallest absolute Gasteiger partial charge is 0.264 e. The van der Waals surface area contributed by atoms with Crippen LogP contribution in [0.5, 0.6) is 17.2 Å². The lowest BCUT2D eigenvalue weighted by Gasteiger charge is -2.24. The fraction of sp³-hybridized carbons (Fsp3) is 0.200. The van der Waals surface area contributed by atoms with Gasteiger partial charge in [-0.15, -0.1) is 0 Å². The highest BCUT2D eigenvalue weighted by Gasteiger charge is 2.29. The number of anilines is 1. The lowest BCUT2D eigenvalue weighted by Crippen LogP contribution is -2.31. The van der Waals surface area contributed by atoms with Crippen molar-refractivity contribution in [2.24, 2.45) is 0 Å². The third-order valence-corrected chi connectivity index (χ3v) is 7.29. The third kappa shape index (κ3) is 4.52. The van der Waals surface area contributed by atoms with Gasteiger partial charge in [-0.1, -0.05) is 35.0 Å². The number of sulfonamides is 1. The molecular weight excluding hydrogens is 470 g/mol. The Balaban J connectivity index is 1.52. The highest BCUT2D eigenvalue weighted by atomic mass is 32.2. The predicted molar refractivity (Wildman–Crippen MR) is 128 cm³/mol. The second-order valence-electron chi connectivity index (χ2n) is 7.86. The summed E-state index contributed by atoms with van der Waals surface area (Å²) in [6.07, 6.45) is 0. The average Bonchev–Trinajstić information content (AvgIpc) is 3.36. The maximum absolute atomic E-state index is 13.8. The average molecular weight is 494 g/mol. The van der Waals surface area contributed by atoms with E-state index in [0.717, 1.165) is 5.56 Å². The van der Waals surface area contributed by atoms with Crippen molar-refractivity contribution in [3.63, 3.8) is 0 Å². The molecule has 0 atom stereocenters. The van der Waals surface area contributed by atoms with Crippen LogP contribution >= 0.6 is 0 Å². The second kappa shape index (κ2) is 9.30. The van der Waals surface area contributed by atoms with E-state index < -0.39 is 10.0 Å². The summed E-state index contributed by atoms with van der Waals surface area (Å²) in [6, 6.07) is 19.0. The maximum Gasteiger partial charge on any atom is 0.264 e. The van der Waals surface area contributed by atoms with Crippen molar-refractivity contribution in [3.05, 3.63) is 78.2 Å². The Morgan fingerprint density at radius 3 is 2.49 bits per heavy atom. The van der Waals surface area contributed by atoms with E-state index in [9.17, 15) is 8.42 Å². The SMILES string of the molecule is COc1ccccc1-c1noc(CN(c2ccc(C)cc2)S(=O)(=O)c2ccc3c(c2)OCCO3)n1. The Morgan fingerprint density at radius 2 is 1.71 bits per heavy atom.